The highest BCUT2D eigenvalue weighted by atomic mass is 19.1. The van der Waals surface area contributed by atoms with E-state index in [1.54, 1.807) is 18.2 Å². The highest BCUT2D eigenvalue weighted by molar-refractivity contribution is 5.84. The molecule has 0 spiro atoms. The molecular weight excluding hydrogens is 443 g/mol. The Bertz CT molecular complexity index is 1150. The standard InChI is InChI=1S/C25H27FN2O6/c1-30-17-3-4-20-18(9-17)25(19(26)12-28-20)21(29)10-24-33-13-16(14-34-24)27-11-15-2-5-22-23(8-15)32-7-6-31-22/h2-5,8-9,12,16,21,24,27,29H,6-7,10-11,13-14H2,1H3. The molecule has 3 heterocycles. The molecule has 34 heavy (non-hydrogen) atoms. The van der Waals surface area contributed by atoms with Crippen LogP contribution >= 0.6 is 0 Å². The summed E-state index contributed by atoms with van der Waals surface area (Å²) in [5.41, 5.74) is 1.80. The Labute approximate surface area is 196 Å². The van der Waals surface area contributed by atoms with Crippen molar-refractivity contribution in [1.29, 1.82) is 0 Å². The Balaban J connectivity index is 1.16. The Kier molecular flexibility index (Phi) is 6.77. The number of nitrogens with one attached hydrogen (secondary N) is 1. The minimum atomic E-state index is -1.12. The van der Waals surface area contributed by atoms with Gasteiger partial charge in [-0.3, -0.25) is 4.98 Å². The number of ether oxygens (including phenoxy) is 5. The first kappa shape index (κ1) is 22.8. The Morgan fingerprint density at radius 1 is 1.12 bits per heavy atom. The van der Waals surface area contributed by atoms with Gasteiger partial charge in [0.05, 0.1) is 44.2 Å². The number of aliphatic hydroxyl groups excluding tert-OH is 1. The van der Waals surface area contributed by atoms with E-state index in [1.165, 1.54) is 7.11 Å². The minimum absolute atomic E-state index is 0.00986. The van der Waals surface area contributed by atoms with Crippen LogP contribution in [-0.2, 0) is 16.0 Å². The number of hydrogen-bond acceptors (Lipinski definition) is 8. The number of nitrogens with zero attached hydrogens (tertiary/aromatic N) is 1. The van der Waals surface area contributed by atoms with Gasteiger partial charge in [-0.25, -0.2) is 4.39 Å². The van der Waals surface area contributed by atoms with Crippen LogP contribution in [0.4, 0.5) is 4.39 Å². The van der Waals surface area contributed by atoms with Gasteiger partial charge in [0.1, 0.15) is 24.8 Å². The molecule has 3 aromatic rings. The molecule has 5 rings (SSSR count). The monoisotopic (exact) mass is 470 g/mol. The topological polar surface area (TPSA) is 91.3 Å². The van der Waals surface area contributed by atoms with E-state index in [0.717, 1.165) is 23.3 Å². The van der Waals surface area contributed by atoms with Gasteiger partial charge in [-0.05, 0) is 35.9 Å². The quantitative estimate of drug-likeness (QED) is 0.545. The number of hydrogen-bond donors (Lipinski definition) is 2. The van der Waals surface area contributed by atoms with Crippen molar-refractivity contribution >= 4 is 10.9 Å². The highest BCUT2D eigenvalue weighted by Gasteiger charge is 2.27. The number of aromatic nitrogens is 1. The van der Waals surface area contributed by atoms with Gasteiger partial charge in [-0.15, -0.1) is 0 Å². The average Bonchev–Trinajstić information content (AvgIpc) is 2.87. The van der Waals surface area contributed by atoms with Crippen molar-refractivity contribution in [2.75, 3.05) is 33.5 Å². The smallest absolute Gasteiger partial charge is 0.161 e. The average molecular weight is 470 g/mol. The number of fused-ring (bicyclic) bond motifs is 2. The van der Waals surface area contributed by atoms with Crippen molar-refractivity contribution in [2.24, 2.45) is 0 Å². The third-order valence-electron chi connectivity index (χ3n) is 5.99. The zero-order valence-corrected chi connectivity index (χ0v) is 18.8. The van der Waals surface area contributed by atoms with Gasteiger partial charge in [-0.1, -0.05) is 6.07 Å². The van der Waals surface area contributed by atoms with E-state index >= 15 is 0 Å². The number of benzene rings is 2. The van der Waals surface area contributed by atoms with Crippen LogP contribution in [0.25, 0.3) is 10.9 Å². The van der Waals surface area contributed by atoms with E-state index < -0.39 is 18.2 Å². The van der Waals surface area contributed by atoms with Crippen LogP contribution < -0.4 is 19.5 Å². The maximum absolute atomic E-state index is 14.6. The van der Waals surface area contributed by atoms with Crippen LogP contribution in [0.1, 0.15) is 23.7 Å². The maximum Gasteiger partial charge on any atom is 0.161 e. The van der Waals surface area contributed by atoms with E-state index in [1.807, 2.05) is 18.2 Å². The molecule has 0 aliphatic carbocycles. The van der Waals surface area contributed by atoms with Crippen molar-refractivity contribution in [3.63, 3.8) is 0 Å². The molecule has 0 amide bonds. The fraction of sp³-hybridized carbons (Fsp3) is 0.400. The third-order valence-corrected chi connectivity index (χ3v) is 5.99. The molecule has 0 radical (unpaired) electrons. The first-order valence-electron chi connectivity index (χ1n) is 11.3. The Hall–Kier alpha value is -2.98. The lowest BCUT2D eigenvalue weighted by Crippen LogP contribution is -2.44. The van der Waals surface area contributed by atoms with Gasteiger partial charge >= 0.3 is 0 Å². The molecule has 0 bridgehead atoms. The summed E-state index contributed by atoms with van der Waals surface area (Å²) in [6.07, 6.45) is -0.545. The first-order chi connectivity index (χ1) is 16.6. The summed E-state index contributed by atoms with van der Waals surface area (Å²) in [6.45, 7) is 2.56. The van der Waals surface area contributed by atoms with Crippen molar-refractivity contribution in [2.45, 2.75) is 31.4 Å². The highest BCUT2D eigenvalue weighted by Crippen LogP contribution is 2.33. The molecule has 2 aliphatic heterocycles. The Morgan fingerprint density at radius 3 is 2.71 bits per heavy atom. The molecule has 2 N–H and O–H groups in total. The van der Waals surface area contributed by atoms with Gasteiger partial charge in [0.15, 0.2) is 17.8 Å². The van der Waals surface area contributed by atoms with Gasteiger partial charge in [0.25, 0.3) is 0 Å². The summed E-state index contributed by atoms with van der Waals surface area (Å²) in [5, 5.41) is 14.7. The summed E-state index contributed by atoms with van der Waals surface area (Å²) in [7, 11) is 1.53. The van der Waals surface area contributed by atoms with Crippen molar-refractivity contribution in [3.8, 4) is 17.2 Å². The second-order valence-corrected chi connectivity index (χ2v) is 8.31. The molecule has 9 heteroatoms. The molecule has 1 atom stereocenters. The molecule has 180 valence electrons. The van der Waals surface area contributed by atoms with Crippen LogP contribution in [0.2, 0.25) is 0 Å². The molecule has 1 saturated heterocycles. The van der Waals surface area contributed by atoms with Crippen LogP contribution in [0.5, 0.6) is 17.2 Å². The van der Waals surface area contributed by atoms with Crippen molar-refractivity contribution < 1.29 is 33.2 Å². The summed E-state index contributed by atoms with van der Waals surface area (Å²) in [5.74, 6) is 1.50. The molecule has 0 saturated carbocycles. The molecule has 1 aromatic heterocycles. The van der Waals surface area contributed by atoms with Gasteiger partial charge in [-0.2, -0.15) is 0 Å². The largest absolute Gasteiger partial charge is 0.497 e. The van der Waals surface area contributed by atoms with Gasteiger partial charge in [0.2, 0.25) is 0 Å². The summed E-state index contributed by atoms with van der Waals surface area (Å²) >= 11 is 0. The SMILES string of the molecule is COc1ccc2ncc(F)c(C(O)CC3OCC(NCc4ccc5c(c4)OCCO5)CO3)c2c1. The lowest BCUT2D eigenvalue weighted by atomic mass is 10.0. The first-order valence-corrected chi connectivity index (χ1v) is 11.3. The Morgan fingerprint density at radius 2 is 1.91 bits per heavy atom. The molecule has 1 unspecified atom stereocenters. The lowest BCUT2D eigenvalue weighted by Gasteiger charge is -2.31. The number of rotatable bonds is 7. The number of pyridine rings is 1. The predicted molar refractivity (Wildman–Crippen MR) is 122 cm³/mol. The predicted octanol–water partition coefficient (Wildman–Crippen LogP) is 3.11. The fourth-order valence-electron chi connectivity index (χ4n) is 4.19. The normalized spacial score (nSPS) is 20.8. The molecule has 1 fully saturated rings. The van der Waals surface area contributed by atoms with Crippen molar-refractivity contribution in [1.82, 2.24) is 10.3 Å². The third kappa shape index (κ3) is 4.92. The van der Waals surface area contributed by atoms with E-state index in [4.69, 9.17) is 23.7 Å². The van der Waals surface area contributed by atoms with Crippen LogP contribution in [-0.4, -0.2) is 56.0 Å². The summed E-state index contributed by atoms with van der Waals surface area (Å²) in [4.78, 5) is 4.10. The second-order valence-electron chi connectivity index (χ2n) is 8.31. The van der Waals surface area contributed by atoms with Crippen LogP contribution in [0, 0.1) is 5.82 Å². The maximum atomic E-state index is 14.6. The lowest BCUT2D eigenvalue weighted by molar-refractivity contribution is -0.202. The van der Waals surface area contributed by atoms with E-state index in [9.17, 15) is 9.50 Å². The zero-order valence-electron chi connectivity index (χ0n) is 18.8. The second kappa shape index (κ2) is 10.1. The number of aliphatic hydroxyl groups is 1. The molecule has 2 aliphatic rings. The zero-order chi connectivity index (χ0) is 23.5. The summed E-state index contributed by atoms with van der Waals surface area (Å²) < 4.78 is 42.6. The van der Waals surface area contributed by atoms with Crippen LogP contribution in [0.15, 0.2) is 42.6 Å². The van der Waals surface area contributed by atoms with Crippen molar-refractivity contribution in [3.05, 3.63) is 59.5 Å². The number of halogens is 1. The van der Waals surface area contributed by atoms with Crippen LogP contribution in [0.3, 0.4) is 0 Å². The fourth-order valence-corrected chi connectivity index (χ4v) is 4.19. The molecule has 2 aromatic carbocycles. The minimum Gasteiger partial charge on any atom is -0.497 e. The molecular formula is C25H27FN2O6. The van der Waals surface area contributed by atoms with E-state index in [-0.39, 0.29) is 18.0 Å². The number of methoxy groups -OCH3 is 1. The van der Waals surface area contributed by atoms with E-state index in [0.29, 0.717) is 49.6 Å². The van der Waals surface area contributed by atoms with Gasteiger partial charge in [0, 0.05) is 23.9 Å². The van der Waals surface area contributed by atoms with Gasteiger partial charge < -0.3 is 34.1 Å². The summed E-state index contributed by atoms with van der Waals surface area (Å²) in [6, 6.07) is 11.0. The van der Waals surface area contributed by atoms with E-state index in [2.05, 4.69) is 10.3 Å². The molecule has 8 nitrogen and oxygen atoms in total.